The van der Waals surface area contributed by atoms with Crippen molar-refractivity contribution in [2.24, 2.45) is 0 Å². The van der Waals surface area contributed by atoms with Crippen LogP contribution < -0.4 is 5.32 Å². The van der Waals surface area contributed by atoms with Crippen molar-refractivity contribution in [3.8, 4) is 11.5 Å². The van der Waals surface area contributed by atoms with E-state index in [-0.39, 0.29) is 5.69 Å². The number of benzene rings is 1. The highest BCUT2D eigenvalue weighted by molar-refractivity contribution is 5.55. The van der Waals surface area contributed by atoms with E-state index in [0.717, 1.165) is 17.7 Å². The summed E-state index contributed by atoms with van der Waals surface area (Å²) in [4.78, 5) is 14.7. The number of unbranched alkanes of at least 4 members (excludes halogenated alkanes) is 2. The fourth-order valence-electron chi connectivity index (χ4n) is 2.33. The highest BCUT2D eigenvalue weighted by atomic mass is 16.6. The molecule has 23 heavy (non-hydrogen) atoms. The molecule has 0 radical (unpaired) electrons. The number of aromatic nitrogens is 1. The summed E-state index contributed by atoms with van der Waals surface area (Å²) in [5.41, 5.74) is 1.63. The molecule has 124 valence electrons. The molecule has 1 heterocycles. The largest absolute Gasteiger partial charge is 0.444 e. The zero-order valence-electron chi connectivity index (χ0n) is 13.6. The average Bonchev–Trinajstić information content (AvgIpc) is 3.02. The van der Waals surface area contributed by atoms with E-state index < -0.39 is 4.92 Å². The number of oxazole rings is 1. The standard InChI is InChI=1S/C17H23N3O3/c1-3-4-5-6-13(2)18-11-15-12-23-17(19-15)14-7-9-16(10-8-14)20(21)22/h7-10,12-13,18H,3-6,11H2,1-2H3. The molecule has 1 unspecified atom stereocenters. The van der Waals surface area contributed by atoms with Crippen LogP contribution in [0.4, 0.5) is 5.69 Å². The van der Waals surface area contributed by atoms with Crippen molar-refractivity contribution in [1.29, 1.82) is 0 Å². The van der Waals surface area contributed by atoms with Crippen molar-refractivity contribution < 1.29 is 9.34 Å². The molecule has 1 N–H and O–H groups in total. The van der Waals surface area contributed by atoms with Crippen molar-refractivity contribution in [2.45, 2.75) is 52.1 Å². The number of non-ortho nitro benzene ring substituents is 1. The number of hydrogen-bond donors (Lipinski definition) is 1. The number of hydrogen-bond acceptors (Lipinski definition) is 5. The van der Waals surface area contributed by atoms with Gasteiger partial charge in [-0.05, 0) is 25.5 Å². The third kappa shape index (κ3) is 5.17. The smallest absolute Gasteiger partial charge is 0.269 e. The van der Waals surface area contributed by atoms with Crippen molar-refractivity contribution in [2.75, 3.05) is 0 Å². The molecule has 0 fully saturated rings. The number of nitrogens with zero attached hydrogens (tertiary/aromatic N) is 2. The molecule has 0 aliphatic rings. The Labute approximate surface area is 136 Å². The summed E-state index contributed by atoms with van der Waals surface area (Å²) in [5.74, 6) is 0.482. The maximum Gasteiger partial charge on any atom is 0.269 e. The van der Waals surface area contributed by atoms with Gasteiger partial charge in [-0.1, -0.05) is 26.2 Å². The fourth-order valence-corrected chi connectivity index (χ4v) is 2.33. The summed E-state index contributed by atoms with van der Waals surface area (Å²) in [6.45, 7) is 5.03. The van der Waals surface area contributed by atoms with E-state index in [9.17, 15) is 10.1 Å². The third-order valence-electron chi connectivity index (χ3n) is 3.75. The minimum atomic E-state index is -0.422. The van der Waals surface area contributed by atoms with Crippen molar-refractivity contribution >= 4 is 5.69 Å². The molecule has 2 rings (SSSR count). The molecular formula is C17H23N3O3. The molecule has 1 aromatic heterocycles. The average molecular weight is 317 g/mol. The lowest BCUT2D eigenvalue weighted by molar-refractivity contribution is -0.384. The van der Waals surface area contributed by atoms with Crippen LogP contribution in [0, 0.1) is 10.1 Å². The summed E-state index contributed by atoms with van der Waals surface area (Å²) < 4.78 is 5.46. The second-order valence-corrected chi connectivity index (χ2v) is 5.73. The van der Waals surface area contributed by atoms with Crippen LogP contribution in [0.15, 0.2) is 34.9 Å². The van der Waals surface area contributed by atoms with Gasteiger partial charge < -0.3 is 9.73 Å². The monoisotopic (exact) mass is 317 g/mol. The van der Waals surface area contributed by atoms with E-state index in [4.69, 9.17) is 4.42 Å². The van der Waals surface area contributed by atoms with Gasteiger partial charge in [0, 0.05) is 30.3 Å². The summed E-state index contributed by atoms with van der Waals surface area (Å²) in [7, 11) is 0. The van der Waals surface area contributed by atoms with E-state index >= 15 is 0 Å². The Morgan fingerprint density at radius 1 is 1.30 bits per heavy atom. The quantitative estimate of drug-likeness (QED) is 0.423. The number of nitro benzene ring substituents is 1. The first kappa shape index (κ1) is 17.1. The molecule has 0 bridgehead atoms. The topological polar surface area (TPSA) is 81.2 Å². The molecule has 0 spiro atoms. The van der Waals surface area contributed by atoms with Crippen molar-refractivity contribution in [3.63, 3.8) is 0 Å². The van der Waals surface area contributed by atoms with Gasteiger partial charge >= 0.3 is 0 Å². The molecule has 6 nitrogen and oxygen atoms in total. The SMILES string of the molecule is CCCCCC(C)NCc1coc(-c2ccc([N+](=O)[O-])cc2)n1. The van der Waals surface area contributed by atoms with Gasteiger partial charge in [-0.25, -0.2) is 4.98 Å². The lowest BCUT2D eigenvalue weighted by Gasteiger charge is -2.11. The first-order valence-corrected chi connectivity index (χ1v) is 8.02. The van der Waals surface area contributed by atoms with Crippen LogP contribution in [0.1, 0.15) is 45.2 Å². The third-order valence-corrected chi connectivity index (χ3v) is 3.75. The minimum absolute atomic E-state index is 0.0584. The highest BCUT2D eigenvalue weighted by Crippen LogP contribution is 2.21. The van der Waals surface area contributed by atoms with Gasteiger partial charge in [0.2, 0.25) is 5.89 Å². The number of rotatable bonds is 9. The molecule has 0 amide bonds. The minimum Gasteiger partial charge on any atom is -0.444 e. The van der Waals surface area contributed by atoms with Gasteiger partial charge in [0.1, 0.15) is 6.26 Å². The predicted molar refractivity (Wildman–Crippen MR) is 89.0 cm³/mol. The fraction of sp³-hybridized carbons (Fsp3) is 0.471. The van der Waals surface area contributed by atoms with Crippen molar-refractivity contribution in [1.82, 2.24) is 10.3 Å². The predicted octanol–water partition coefficient (Wildman–Crippen LogP) is 4.31. The lowest BCUT2D eigenvalue weighted by atomic mass is 10.1. The first-order valence-electron chi connectivity index (χ1n) is 8.02. The van der Waals surface area contributed by atoms with Gasteiger partial charge in [0.15, 0.2) is 0 Å². The highest BCUT2D eigenvalue weighted by Gasteiger charge is 2.10. The second-order valence-electron chi connectivity index (χ2n) is 5.73. The zero-order chi connectivity index (χ0) is 16.7. The van der Waals surface area contributed by atoms with Gasteiger partial charge in [0.25, 0.3) is 5.69 Å². The lowest BCUT2D eigenvalue weighted by Crippen LogP contribution is -2.25. The summed E-state index contributed by atoms with van der Waals surface area (Å²) >= 11 is 0. The summed E-state index contributed by atoms with van der Waals surface area (Å²) in [5, 5.41) is 14.1. The van der Waals surface area contributed by atoms with Gasteiger partial charge in [-0.2, -0.15) is 0 Å². The molecule has 2 aromatic rings. The van der Waals surface area contributed by atoms with Crippen LogP contribution in [-0.4, -0.2) is 15.9 Å². The van der Waals surface area contributed by atoms with E-state index in [1.165, 1.54) is 31.4 Å². The maximum atomic E-state index is 10.7. The van der Waals surface area contributed by atoms with E-state index in [2.05, 4.69) is 24.1 Å². The molecule has 0 aliphatic carbocycles. The van der Waals surface area contributed by atoms with Crippen LogP contribution in [0.2, 0.25) is 0 Å². The molecule has 0 saturated heterocycles. The Morgan fingerprint density at radius 3 is 2.70 bits per heavy atom. The first-order chi connectivity index (χ1) is 11.1. The summed E-state index contributed by atoms with van der Waals surface area (Å²) in [6, 6.07) is 6.64. The Kier molecular flexibility index (Phi) is 6.29. The van der Waals surface area contributed by atoms with Gasteiger partial charge in [-0.15, -0.1) is 0 Å². The Morgan fingerprint density at radius 2 is 2.04 bits per heavy atom. The van der Waals surface area contributed by atoms with Crippen LogP contribution in [-0.2, 0) is 6.54 Å². The Balaban J connectivity index is 1.89. The number of nitrogens with one attached hydrogen (secondary N) is 1. The van der Waals surface area contributed by atoms with Crippen LogP contribution >= 0.6 is 0 Å². The molecule has 6 heteroatoms. The molecule has 1 atom stereocenters. The van der Waals surface area contributed by atoms with Crippen LogP contribution in [0.3, 0.4) is 0 Å². The normalized spacial score (nSPS) is 12.3. The molecule has 0 aliphatic heterocycles. The second kappa shape index (κ2) is 8.43. The Hall–Kier alpha value is -2.21. The van der Waals surface area contributed by atoms with Gasteiger partial charge in [-0.3, -0.25) is 10.1 Å². The van der Waals surface area contributed by atoms with E-state index in [1.807, 2.05) is 0 Å². The van der Waals surface area contributed by atoms with E-state index in [0.29, 0.717) is 18.5 Å². The number of nitro groups is 1. The van der Waals surface area contributed by atoms with Crippen LogP contribution in [0.25, 0.3) is 11.5 Å². The zero-order valence-corrected chi connectivity index (χ0v) is 13.6. The van der Waals surface area contributed by atoms with Gasteiger partial charge in [0.05, 0.1) is 10.6 Å². The molecule has 1 aromatic carbocycles. The molecule has 0 saturated carbocycles. The van der Waals surface area contributed by atoms with Crippen LogP contribution in [0.5, 0.6) is 0 Å². The Bertz CT molecular complexity index is 622. The summed E-state index contributed by atoms with van der Waals surface area (Å²) in [6.07, 6.45) is 6.51. The molecular weight excluding hydrogens is 294 g/mol. The van der Waals surface area contributed by atoms with E-state index in [1.54, 1.807) is 18.4 Å². The maximum absolute atomic E-state index is 10.7. The van der Waals surface area contributed by atoms with Crippen molar-refractivity contribution in [3.05, 3.63) is 46.3 Å².